The van der Waals surface area contributed by atoms with Gasteiger partial charge >= 0.3 is 0 Å². The Morgan fingerprint density at radius 3 is 2.00 bits per heavy atom. The molecule has 5 heteroatoms. The second-order valence-electron chi connectivity index (χ2n) is 6.89. The molecule has 0 amide bonds. The lowest BCUT2D eigenvalue weighted by Crippen LogP contribution is -2.50. The molecule has 1 aromatic carbocycles. The van der Waals surface area contributed by atoms with E-state index in [4.69, 9.17) is 20.8 Å². The number of carbonyl (C=O) groups excluding carboxylic acids is 1. The van der Waals surface area contributed by atoms with Crippen LogP contribution in [0.15, 0.2) is 12.1 Å². The van der Waals surface area contributed by atoms with E-state index in [-0.39, 0.29) is 6.42 Å². The van der Waals surface area contributed by atoms with E-state index >= 15 is 0 Å². The molecule has 0 atom stereocenters. The molecule has 0 aliphatic heterocycles. The van der Waals surface area contributed by atoms with E-state index in [0.717, 1.165) is 17.6 Å². The summed E-state index contributed by atoms with van der Waals surface area (Å²) in [5, 5.41) is 0.487. The molecule has 0 saturated carbocycles. The van der Waals surface area contributed by atoms with Gasteiger partial charge in [0.2, 0.25) is 0 Å². The first-order chi connectivity index (χ1) is 10.7. The molecule has 0 bridgehead atoms. The van der Waals surface area contributed by atoms with Gasteiger partial charge in [0.15, 0.2) is 0 Å². The number of benzene rings is 1. The van der Waals surface area contributed by atoms with Gasteiger partial charge in [0.25, 0.3) is 8.32 Å². The number of aldehydes is 1. The first kappa shape index (κ1) is 20.0. The Kier molecular flexibility index (Phi) is 7.15. The first-order valence-electron chi connectivity index (χ1n) is 8.19. The van der Waals surface area contributed by atoms with E-state index in [1.54, 1.807) is 7.11 Å². The Morgan fingerprint density at radius 1 is 1.09 bits per heavy atom. The van der Waals surface area contributed by atoms with Crippen LogP contribution in [0.4, 0.5) is 0 Å². The van der Waals surface area contributed by atoms with Crippen molar-refractivity contribution in [3.05, 3.63) is 22.7 Å². The number of hydrogen-bond acceptors (Lipinski definition) is 3. The highest BCUT2D eigenvalue weighted by Crippen LogP contribution is 2.44. The Bertz CT molecular complexity index is 520. The molecule has 0 radical (unpaired) electrons. The van der Waals surface area contributed by atoms with Crippen LogP contribution >= 0.6 is 11.6 Å². The van der Waals surface area contributed by atoms with Gasteiger partial charge in [-0.15, -0.1) is 0 Å². The van der Waals surface area contributed by atoms with Crippen molar-refractivity contribution in [3.8, 4) is 11.5 Å². The summed E-state index contributed by atoms with van der Waals surface area (Å²) >= 11 is 6.33. The molecule has 0 heterocycles. The molecule has 0 N–H and O–H groups in total. The fourth-order valence-corrected chi connectivity index (χ4v) is 9.25. The lowest BCUT2D eigenvalue weighted by Gasteiger charge is -2.42. The third-order valence-corrected chi connectivity index (χ3v) is 10.9. The third kappa shape index (κ3) is 4.10. The zero-order valence-electron chi connectivity index (χ0n) is 15.3. The summed E-state index contributed by atoms with van der Waals surface area (Å²) in [7, 11) is -0.492. The van der Waals surface area contributed by atoms with Crippen molar-refractivity contribution in [1.29, 1.82) is 0 Å². The minimum absolute atomic E-state index is 0.264. The van der Waals surface area contributed by atoms with Gasteiger partial charge in [-0.25, -0.2) is 0 Å². The van der Waals surface area contributed by atoms with Crippen LogP contribution in [0.25, 0.3) is 0 Å². The monoisotopic (exact) mass is 356 g/mol. The minimum atomic E-state index is -2.05. The highest BCUT2D eigenvalue weighted by molar-refractivity contribution is 6.78. The molecule has 1 aromatic rings. The molecule has 3 nitrogen and oxygen atoms in total. The van der Waals surface area contributed by atoms with Gasteiger partial charge in [0.05, 0.1) is 12.1 Å². The summed E-state index contributed by atoms with van der Waals surface area (Å²) in [4.78, 5) is 10.9. The van der Waals surface area contributed by atoms with E-state index in [1.165, 1.54) is 0 Å². The Balaban J connectivity index is 3.37. The zero-order chi connectivity index (χ0) is 17.8. The van der Waals surface area contributed by atoms with Gasteiger partial charge in [-0.05, 0) is 22.7 Å². The van der Waals surface area contributed by atoms with Crippen molar-refractivity contribution >= 4 is 26.2 Å². The summed E-state index contributed by atoms with van der Waals surface area (Å²) in [6.07, 6.45) is 1.12. The van der Waals surface area contributed by atoms with Crippen LogP contribution in [0.3, 0.4) is 0 Å². The summed E-state index contributed by atoms with van der Waals surface area (Å²) in [5.41, 5.74) is 2.18. The second kappa shape index (κ2) is 8.20. The number of rotatable bonds is 8. The zero-order valence-corrected chi connectivity index (χ0v) is 17.0. The predicted octanol–water partition coefficient (Wildman–Crippen LogP) is 5.64. The van der Waals surface area contributed by atoms with Crippen LogP contribution in [-0.2, 0) is 11.2 Å². The van der Waals surface area contributed by atoms with Crippen LogP contribution in [0.5, 0.6) is 11.5 Å². The molecule has 0 aliphatic rings. The molecule has 0 saturated heterocycles. The fraction of sp³-hybridized carbons (Fsp3) is 0.611. The number of carbonyl (C=O) groups is 1. The summed E-state index contributed by atoms with van der Waals surface area (Å²) in [6.45, 7) is 13.4. The molecule has 0 aliphatic carbocycles. The quantitative estimate of drug-likeness (QED) is 0.446. The van der Waals surface area contributed by atoms with E-state index in [0.29, 0.717) is 27.4 Å². The molecule has 0 unspecified atom stereocenters. The minimum Gasteiger partial charge on any atom is -0.543 e. The van der Waals surface area contributed by atoms with Gasteiger partial charge in [0, 0.05) is 18.1 Å². The Hall–Kier alpha value is -1.00. The first-order valence-corrected chi connectivity index (χ1v) is 10.7. The third-order valence-electron chi connectivity index (χ3n) is 4.60. The summed E-state index contributed by atoms with van der Waals surface area (Å²) < 4.78 is 12.0. The van der Waals surface area contributed by atoms with Crippen molar-refractivity contribution in [3.63, 3.8) is 0 Å². The maximum Gasteiger partial charge on any atom is 0.258 e. The maximum absolute atomic E-state index is 10.9. The standard InChI is InChI=1S/C18H29ClO3Si/c1-12(2)23(13(3)4,14(5)6)22-16-10-15(8-9-20)18(21-7)17(19)11-16/h9-14H,8H2,1-7H3. The van der Waals surface area contributed by atoms with Crippen molar-refractivity contribution in [2.45, 2.75) is 64.6 Å². The average molecular weight is 357 g/mol. The molecular weight excluding hydrogens is 328 g/mol. The lowest BCUT2D eigenvalue weighted by molar-refractivity contribution is -0.107. The summed E-state index contributed by atoms with van der Waals surface area (Å²) in [5.74, 6) is 1.30. The van der Waals surface area contributed by atoms with Gasteiger partial charge < -0.3 is 14.0 Å². The predicted molar refractivity (Wildman–Crippen MR) is 99.4 cm³/mol. The normalized spacial score (nSPS) is 12.1. The number of ether oxygens (including phenoxy) is 1. The van der Waals surface area contributed by atoms with Crippen molar-refractivity contribution < 1.29 is 14.0 Å². The van der Waals surface area contributed by atoms with E-state index in [2.05, 4.69) is 41.5 Å². The molecule has 0 spiro atoms. The molecule has 0 aromatic heterocycles. The smallest absolute Gasteiger partial charge is 0.258 e. The van der Waals surface area contributed by atoms with Gasteiger partial charge in [-0.1, -0.05) is 53.1 Å². The Morgan fingerprint density at radius 2 is 1.61 bits per heavy atom. The second-order valence-corrected chi connectivity index (χ2v) is 12.7. The van der Waals surface area contributed by atoms with Crippen LogP contribution in [0.2, 0.25) is 21.6 Å². The Labute approximate surface area is 146 Å². The highest BCUT2D eigenvalue weighted by Gasteiger charge is 2.47. The van der Waals surface area contributed by atoms with E-state index in [9.17, 15) is 4.79 Å². The molecular formula is C18H29ClO3Si. The lowest BCUT2D eigenvalue weighted by atomic mass is 10.1. The van der Waals surface area contributed by atoms with Crippen molar-refractivity contribution in [2.75, 3.05) is 7.11 Å². The van der Waals surface area contributed by atoms with Gasteiger partial charge in [-0.3, -0.25) is 0 Å². The molecule has 23 heavy (non-hydrogen) atoms. The van der Waals surface area contributed by atoms with E-state index in [1.807, 2.05) is 12.1 Å². The molecule has 0 fully saturated rings. The SMILES string of the molecule is COc1c(Cl)cc(O[Si](C(C)C)(C(C)C)C(C)C)cc1CC=O. The van der Waals surface area contributed by atoms with Crippen LogP contribution in [0.1, 0.15) is 47.1 Å². The maximum atomic E-state index is 10.9. The average Bonchev–Trinajstić information content (AvgIpc) is 2.43. The van der Waals surface area contributed by atoms with Crippen LogP contribution in [0, 0.1) is 0 Å². The van der Waals surface area contributed by atoms with Crippen molar-refractivity contribution in [1.82, 2.24) is 0 Å². The topological polar surface area (TPSA) is 35.5 Å². The van der Waals surface area contributed by atoms with Crippen LogP contribution < -0.4 is 9.16 Å². The number of halogens is 1. The molecule has 130 valence electrons. The number of methoxy groups -OCH3 is 1. The highest BCUT2D eigenvalue weighted by atomic mass is 35.5. The van der Waals surface area contributed by atoms with Crippen molar-refractivity contribution in [2.24, 2.45) is 0 Å². The van der Waals surface area contributed by atoms with E-state index < -0.39 is 8.32 Å². The molecule has 1 rings (SSSR count). The largest absolute Gasteiger partial charge is 0.543 e. The van der Waals surface area contributed by atoms with Crippen LogP contribution in [-0.4, -0.2) is 21.7 Å². The van der Waals surface area contributed by atoms with Gasteiger partial charge in [0.1, 0.15) is 17.8 Å². The summed E-state index contributed by atoms with van der Waals surface area (Å²) in [6, 6.07) is 3.71. The fourth-order valence-electron chi connectivity index (χ4n) is 3.71. The van der Waals surface area contributed by atoms with Gasteiger partial charge in [-0.2, -0.15) is 0 Å². The number of hydrogen-bond donors (Lipinski definition) is 0.